The topological polar surface area (TPSA) is 0 Å². The third-order valence-corrected chi connectivity index (χ3v) is 18.1. The van der Waals surface area contributed by atoms with Crippen molar-refractivity contribution < 1.29 is 45.1 Å². The normalized spacial score (nSPS) is 16.1. The van der Waals surface area contributed by atoms with Crippen molar-refractivity contribution in [1.29, 1.82) is 0 Å². The first kappa shape index (κ1) is 28.7. The van der Waals surface area contributed by atoms with Crippen molar-refractivity contribution in [3.63, 3.8) is 0 Å². The van der Waals surface area contributed by atoms with Crippen LogP contribution in [-0.4, -0.2) is 0 Å². The van der Waals surface area contributed by atoms with E-state index in [1.807, 2.05) is 6.56 Å². The maximum atomic E-state index is 2.73. The van der Waals surface area contributed by atoms with Crippen LogP contribution in [0.25, 0.3) is 0 Å². The zero-order chi connectivity index (χ0) is 21.3. The fourth-order valence-corrected chi connectivity index (χ4v) is 16.8. The molecule has 0 bridgehead atoms. The second-order valence-corrected chi connectivity index (χ2v) is 22.1. The number of halogens is 2. The van der Waals surface area contributed by atoms with Gasteiger partial charge in [0.2, 0.25) is 0 Å². The summed E-state index contributed by atoms with van der Waals surface area (Å²) in [6.07, 6.45) is 14.6. The zero-order valence-corrected chi connectivity index (χ0v) is 24.5. The van der Waals surface area contributed by atoms with Gasteiger partial charge in [0.25, 0.3) is 0 Å². The van der Waals surface area contributed by atoms with Crippen molar-refractivity contribution in [1.82, 2.24) is 0 Å². The van der Waals surface area contributed by atoms with E-state index >= 15 is 0 Å². The fraction of sp³-hybridized carbons (Fsp3) is 0.500. The van der Waals surface area contributed by atoms with Gasteiger partial charge in [-0.3, -0.25) is 0 Å². The van der Waals surface area contributed by atoms with Crippen LogP contribution < -0.4 is 24.8 Å². The summed E-state index contributed by atoms with van der Waals surface area (Å²) in [6, 6.07) is 11.3. The van der Waals surface area contributed by atoms with Gasteiger partial charge in [0.05, 0.1) is 0 Å². The summed E-state index contributed by atoms with van der Waals surface area (Å²) in [5, 5.41) is 0. The second kappa shape index (κ2) is 11.2. The van der Waals surface area contributed by atoms with E-state index in [1.165, 1.54) is 35.4 Å². The van der Waals surface area contributed by atoms with Crippen LogP contribution in [0.1, 0.15) is 72.8 Å². The van der Waals surface area contributed by atoms with E-state index in [-0.39, 0.29) is 24.8 Å². The van der Waals surface area contributed by atoms with Crippen LogP contribution in [0.2, 0.25) is 4.63 Å². The van der Waals surface area contributed by atoms with Gasteiger partial charge in [0.1, 0.15) is 0 Å². The molecule has 0 heterocycles. The molecule has 0 spiro atoms. The predicted molar refractivity (Wildman–Crippen MR) is 126 cm³/mol. The average Bonchev–Trinajstić information content (AvgIpc) is 3.22. The molecule has 31 heavy (non-hydrogen) atoms. The molecule has 1 aromatic carbocycles. The van der Waals surface area contributed by atoms with Gasteiger partial charge in [-0.2, -0.15) is 0 Å². The molecule has 1 aromatic rings. The summed E-state index contributed by atoms with van der Waals surface area (Å²) < 4.78 is 7.76. The molecule has 0 fully saturated rings. The van der Waals surface area contributed by atoms with Crippen LogP contribution in [0.15, 0.2) is 72.3 Å². The third kappa shape index (κ3) is 7.59. The summed E-state index contributed by atoms with van der Waals surface area (Å²) in [7, 11) is 0. The Morgan fingerprint density at radius 2 is 1.13 bits per heavy atom. The Morgan fingerprint density at radius 3 is 1.52 bits per heavy atom. The van der Waals surface area contributed by atoms with Gasteiger partial charge in [-0.1, -0.05) is 0 Å². The summed E-state index contributed by atoms with van der Waals surface area (Å²) >= 11 is -2.79. The van der Waals surface area contributed by atoms with Crippen LogP contribution in [-0.2, 0) is 24.4 Å². The molecule has 0 aromatic heterocycles. The number of benzene rings is 1. The Balaban J connectivity index is 0.00000240. The molecule has 3 heteroatoms. The van der Waals surface area contributed by atoms with Gasteiger partial charge >= 0.3 is 185 Å². The molecule has 2 aliphatic carbocycles. The summed E-state index contributed by atoms with van der Waals surface area (Å²) in [5.41, 5.74) is 5.55. The first-order valence-corrected chi connectivity index (χ1v) is 18.0. The number of rotatable bonds is 6. The molecule has 3 rings (SSSR count). The summed E-state index contributed by atoms with van der Waals surface area (Å²) in [5.74, 6) is 0. The first-order valence-electron chi connectivity index (χ1n) is 11.3. The molecule has 0 N–H and O–H groups in total. The molecular formula is C28H40Cl2Zr. The van der Waals surface area contributed by atoms with Crippen LogP contribution in [0.4, 0.5) is 0 Å². The van der Waals surface area contributed by atoms with Crippen molar-refractivity contribution in [2.45, 2.75) is 76.0 Å². The molecule has 170 valence electrons. The van der Waals surface area contributed by atoms with Gasteiger partial charge in [-0.15, -0.1) is 0 Å². The Morgan fingerprint density at radius 1 is 0.710 bits per heavy atom. The number of hydrogen-bond acceptors (Lipinski definition) is 0. The van der Waals surface area contributed by atoms with Crippen molar-refractivity contribution >= 4 is 0 Å². The van der Waals surface area contributed by atoms with Crippen LogP contribution in [0, 0.1) is 10.8 Å². The van der Waals surface area contributed by atoms with Crippen molar-refractivity contribution in [2.75, 3.05) is 0 Å². The zero-order valence-electron chi connectivity index (χ0n) is 20.5. The second-order valence-electron chi connectivity index (χ2n) is 11.7. The first-order chi connectivity index (χ1) is 13.5. The Labute approximate surface area is 208 Å². The van der Waals surface area contributed by atoms with E-state index < -0.39 is 20.3 Å². The quantitative estimate of drug-likeness (QED) is 0.523. The van der Waals surface area contributed by atoms with Gasteiger partial charge in [-0.05, 0) is 0 Å². The van der Waals surface area contributed by atoms with Crippen LogP contribution in [0.3, 0.4) is 0 Å². The van der Waals surface area contributed by atoms with Crippen LogP contribution in [0.5, 0.6) is 0 Å². The van der Waals surface area contributed by atoms with E-state index in [0.29, 0.717) is 10.8 Å². The van der Waals surface area contributed by atoms with Gasteiger partial charge < -0.3 is 24.8 Å². The Kier molecular flexibility index (Phi) is 10.3. The number of hydrogen-bond donors (Lipinski definition) is 0. The van der Waals surface area contributed by atoms with E-state index in [0.717, 1.165) is 0 Å². The molecular weight excluding hydrogens is 498 g/mol. The molecule has 2 aliphatic rings. The summed E-state index contributed by atoms with van der Waals surface area (Å²) in [6.45, 7) is 14.3. The SMILES string of the molecule is CC(C)(C)CC1=[C]([Zr+2]([CH3])([CH2]c2ccccc2)[C]2=C(CC(C)(C)C)C=CC2)CC=C1.[Cl-].[Cl-]. The van der Waals surface area contributed by atoms with E-state index in [4.69, 9.17) is 0 Å². The van der Waals surface area contributed by atoms with Crippen molar-refractivity contribution in [3.05, 3.63) is 77.9 Å². The Bertz CT molecular complexity index is 809. The Hall–Kier alpha value is -0.357. The molecule has 0 saturated heterocycles. The minimum Gasteiger partial charge on any atom is -1.00 e. The molecule has 0 radical (unpaired) electrons. The fourth-order valence-electron chi connectivity index (χ4n) is 5.13. The number of allylic oxidation sites excluding steroid dienone is 8. The molecule has 0 saturated carbocycles. The maximum absolute atomic E-state index is 2.79. The largest absolute Gasteiger partial charge is 1.00 e. The van der Waals surface area contributed by atoms with E-state index in [9.17, 15) is 0 Å². The van der Waals surface area contributed by atoms with Gasteiger partial charge in [0.15, 0.2) is 0 Å². The minimum atomic E-state index is -2.79. The monoisotopic (exact) mass is 536 g/mol. The third-order valence-electron chi connectivity index (χ3n) is 6.23. The standard InChI is InChI=1S/2C10H15.C7H7.CH3.2ClH.Zr/c2*1-10(2,3)8-9-6-4-5-7-9;1-7-5-3-2-4-6-7;;;;/h2*4,6H,5,8H2,1-3H3;2-6H,1H2;1H3;2*1H;/q;;;;;;+2/p-2. The maximum Gasteiger partial charge on any atom is -1.00 e. The van der Waals surface area contributed by atoms with Gasteiger partial charge in [0, 0.05) is 0 Å². The average molecular weight is 539 g/mol. The van der Waals surface area contributed by atoms with Crippen molar-refractivity contribution in [3.8, 4) is 0 Å². The van der Waals surface area contributed by atoms with Gasteiger partial charge in [-0.25, -0.2) is 0 Å². The molecule has 0 aliphatic heterocycles. The van der Waals surface area contributed by atoms with E-state index in [2.05, 4.69) is 101 Å². The minimum absolute atomic E-state index is 0. The van der Waals surface area contributed by atoms with Crippen molar-refractivity contribution in [2.24, 2.45) is 10.8 Å². The molecule has 0 amide bonds. The van der Waals surface area contributed by atoms with E-state index in [1.54, 1.807) is 11.1 Å². The summed E-state index contributed by atoms with van der Waals surface area (Å²) in [4.78, 5) is 0. The molecule has 0 atom stereocenters. The predicted octanol–water partition coefficient (Wildman–Crippen LogP) is 2.70. The van der Waals surface area contributed by atoms with Crippen LogP contribution >= 0.6 is 0 Å². The molecule has 0 unspecified atom stereocenters. The smallest absolute Gasteiger partial charge is 1.00 e. The molecule has 0 nitrogen and oxygen atoms in total.